The topological polar surface area (TPSA) is 100 Å². The molecule has 158 valence electrons. The molecule has 10 nitrogen and oxygen atoms in total. The van der Waals surface area contributed by atoms with Crippen molar-refractivity contribution >= 4 is 7.82 Å². The van der Waals surface area contributed by atoms with Gasteiger partial charge >= 0.3 is 7.82 Å². The van der Waals surface area contributed by atoms with E-state index >= 15 is 0 Å². The van der Waals surface area contributed by atoms with Crippen LogP contribution in [0.3, 0.4) is 0 Å². The molecule has 3 atom stereocenters. The van der Waals surface area contributed by atoms with Crippen LogP contribution in [-0.2, 0) is 46.6 Å². The molecule has 0 rings (SSSR count). The van der Waals surface area contributed by atoms with E-state index in [4.69, 9.17) is 42.0 Å². The first-order chi connectivity index (χ1) is 12.4. The smallest absolute Gasteiger partial charge is 0.382 e. The minimum Gasteiger partial charge on any atom is -0.382 e. The van der Waals surface area contributed by atoms with E-state index in [-0.39, 0.29) is 19.8 Å². The molecule has 26 heavy (non-hydrogen) atoms. The molecule has 0 aliphatic rings. The molecule has 11 heteroatoms. The quantitative estimate of drug-likeness (QED) is 0.192. The molecule has 0 amide bonds. The van der Waals surface area contributed by atoms with Crippen molar-refractivity contribution in [1.82, 2.24) is 0 Å². The highest BCUT2D eigenvalue weighted by atomic mass is 31.2. The second kappa shape index (κ2) is 15.9. The summed E-state index contributed by atoms with van der Waals surface area (Å²) >= 11 is 0. The van der Waals surface area contributed by atoms with E-state index in [1.807, 2.05) is 0 Å². The molecule has 0 radical (unpaired) electrons. The number of hydrogen-bond donors (Lipinski definition) is 0. The lowest BCUT2D eigenvalue weighted by Crippen LogP contribution is -2.23. The molecule has 0 N–H and O–H groups in total. The first-order valence-electron chi connectivity index (χ1n) is 8.33. The van der Waals surface area contributed by atoms with Gasteiger partial charge in [-0.25, -0.2) is 4.57 Å². The summed E-state index contributed by atoms with van der Waals surface area (Å²) in [6.07, 6.45) is -2.56. The number of phosphoric acid groups is 1. The monoisotopic (exact) mass is 404 g/mol. The fraction of sp³-hybridized carbons (Fsp3) is 1.00. The SMILES string of the molecule is COCCOC(C)OP(=O)(OC(C)OCCOC)OC(C)OCCOC. The first kappa shape index (κ1) is 25.9. The van der Waals surface area contributed by atoms with Gasteiger partial charge in [-0.2, -0.15) is 0 Å². The maximum atomic E-state index is 12.9. The predicted molar refractivity (Wildman–Crippen MR) is 92.7 cm³/mol. The molecule has 0 aliphatic heterocycles. The van der Waals surface area contributed by atoms with Gasteiger partial charge in [0.25, 0.3) is 0 Å². The molecule has 3 unspecified atom stereocenters. The van der Waals surface area contributed by atoms with Crippen molar-refractivity contribution in [2.75, 3.05) is 61.0 Å². The van der Waals surface area contributed by atoms with Gasteiger partial charge in [-0.1, -0.05) is 0 Å². The summed E-state index contributed by atoms with van der Waals surface area (Å²) in [5, 5.41) is 0. The van der Waals surface area contributed by atoms with Gasteiger partial charge in [0.15, 0.2) is 18.9 Å². The van der Waals surface area contributed by atoms with Crippen LogP contribution in [0.25, 0.3) is 0 Å². The first-order valence-corrected chi connectivity index (χ1v) is 9.79. The van der Waals surface area contributed by atoms with Gasteiger partial charge in [0.2, 0.25) is 0 Å². The van der Waals surface area contributed by atoms with Crippen LogP contribution in [0.15, 0.2) is 0 Å². The number of rotatable bonds is 18. The van der Waals surface area contributed by atoms with Crippen LogP contribution < -0.4 is 0 Å². The zero-order chi connectivity index (χ0) is 19.8. The lowest BCUT2D eigenvalue weighted by Gasteiger charge is -2.26. The van der Waals surface area contributed by atoms with Gasteiger partial charge in [0.05, 0.1) is 39.6 Å². The summed E-state index contributed by atoms with van der Waals surface area (Å²) < 4.78 is 59.7. The summed E-state index contributed by atoms with van der Waals surface area (Å²) in [5.41, 5.74) is 0. The van der Waals surface area contributed by atoms with Gasteiger partial charge in [0, 0.05) is 21.3 Å². The van der Waals surface area contributed by atoms with E-state index in [9.17, 15) is 4.57 Å². The standard InChI is InChI=1S/C15H33O10P/c1-13(20-10-7-17-4)23-26(16,24-14(2)21-11-8-18-5)25-15(3)22-12-9-19-6/h13-15H,7-12H2,1-6H3. The third kappa shape index (κ3) is 14.0. The van der Waals surface area contributed by atoms with Crippen LogP contribution in [0.4, 0.5) is 0 Å². The highest BCUT2D eigenvalue weighted by Gasteiger charge is 2.35. The zero-order valence-corrected chi connectivity index (χ0v) is 17.4. The number of hydrogen-bond acceptors (Lipinski definition) is 10. The third-order valence-corrected chi connectivity index (χ3v) is 4.42. The second-order valence-corrected chi connectivity index (χ2v) is 6.58. The fourth-order valence-electron chi connectivity index (χ4n) is 1.60. The molecule has 0 aliphatic carbocycles. The fourth-order valence-corrected chi connectivity index (χ4v) is 3.03. The summed E-state index contributed by atoms with van der Waals surface area (Å²) in [5.74, 6) is 0. The van der Waals surface area contributed by atoms with Crippen molar-refractivity contribution in [3.63, 3.8) is 0 Å². The van der Waals surface area contributed by atoms with Gasteiger partial charge in [0.1, 0.15) is 0 Å². The Morgan fingerprint density at radius 3 is 1.08 bits per heavy atom. The van der Waals surface area contributed by atoms with Crippen LogP contribution in [0, 0.1) is 0 Å². The number of methoxy groups -OCH3 is 3. The molecule has 0 aromatic rings. The summed E-state index contributed by atoms with van der Waals surface area (Å²) in [6, 6.07) is 0. The van der Waals surface area contributed by atoms with Crippen LogP contribution in [0.2, 0.25) is 0 Å². The van der Waals surface area contributed by atoms with Crippen molar-refractivity contribution in [2.45, 2.75) is 39.6 Å². The Morgan fingerprint density at radius 2 is 0.846 bits per heavy atom. The van der Waals surface area contributed by atoms with Crippen LogP contribution in [0.1, 0.15) is 20.8 Å². The number of ether oxygens (including phenoxy) is 6. The normalized spacial score (nSPS) is 17.6. The Balaban J connectivity index is 4.69. The van der Waals surface area contributed by atoms with E-state index in [1.54, 1.807) is 42.1 Å². The maximum Gasteiger partial charge on any atom is 0.481 e. The lowest BCUT2D eigenvalue weighted by molar-refractivity contribution is -0.154. The molecule has 0 bridgehead atoms. The molecule has 0 saturated carbocycles. The highest BCUT2D eigenvalue weighted by molar-refractivity contribution is 7.48. The van der Waals surface area contributed by atoms with Crippen LogP contribution in [0.5, 0.6) is 0 Å². The average molecular weight is 404 g/mol. The van der Waals surface area contributed by atoms with Crippen molar-refractivity contribution in [3.05, 3.63) is 0 Å². The third-order valence-electron chi connectivity index (χ3n) is 2.75. The van der Waals surface area contributed by atoms with Crippen LogP contribution in [-0.4, -0.2) is 79.8 Å². The van der Waals surface area contributed by atoms with Gasteiger partial charge in [-0.05, 0) is 20.8 Å². The Kier molecular flexibility index (Phi) is 15.8. The molecular weight excluding hydrogens is 371 g/mol. The lowest BCUT2D eigenvalue weighted by atomic mass is 10.7. The minimum absolute atomic E-state index is 0.261. The second-order valence-electron chi connectivity index (χ2n) is 5.06. The van der Waals surface area contributed by atoms with Crippen molar-refractivity contribution in [1.29, 1.82) is 0 Å². The van der Waals surface area contributed by atoms with Crippen molar-refractivity contribution in [3.8, 4) is 0 Å². The Hall–Kier alpha value is -0.130. The van der Waals surface area contributed by atoms with E-state index in [1.165, 1.54) is 0 Å². The maximum absolute atomic E-state index is 12.9. The van der Waals surface area contributed by atoms with E-state index in [0.717, 1.165) is 0 Å². The van der Waals surface area contributed by atoms with Gasteiger partial charge in [-0.3, -0.25) is 13.6 Å². The molecule has 0 heterocycles. The molecule has 0 spiro atoms. The highest BCUT2D eigenvalue weighted by Crippen LogP contribution is 2.53. The molecule has 0 saturated heterocycles. The largest absolute Gasteiger partial charge is 0.481 e. The van der Waals surface area contributed by atoms with Gasteiger partial charge < -0.3 is 28.4 Å². The van der Waals surface area contributed by atoms with E-state index in [2.05, 4.69) is 0 Å². The number of phosphoric ester groups is 1. The zero-order valence-electron chi connectivity index (χ0n) is 16.5. The Morgan fingerprint density at radius 1 is 0.577 bits per heavy atom. The van der Waals surface area contributed by atoms with E-state index < -0.39 is 26.7 Å². The van der Waals surface area contributed by atoms with Crippen LogP contribution >= 0.6 is 7.82 Å². The molecule has 0 fully saturated rings. The Bertz CT molecular complexity index is 318. The van der Waals surface area contributed by atoms with Gasteiger partial charge in [-0.15, -0.1) is 0 Å². The molecular formula is C15H33O10P. The molecule has 0 aromatic carbocycles. The predicted octanol–water partition coefficient (Wildman–Crippen LogP) is 2.17. The van der Waals surface area contributed by atoms with Crippen molar-refractivity contribution in [2.24, 2.45) is 0 Å². The summed E-state index contributed by atoms with van der Waals surface area (Å²) in [4.78, 5) is 0. The van der Waals surface area contributed by atoms with Crippen molar-refractivity contribution < 1.29 is 46.6 Å². The average Bonchev–Trinajstić information content (AvgIpc) is 2.55. The van der Waals surface area contributed by atoms with E-state index in [0.29, 0.717) is 19.8 Å². The minimum atomic E-state index is -4.03. The Labute approximate surface area is 155 Å². The summed E-state index contributed by atoms with van der Waals surface area (Å²) in [6.45, 7) is 6.60. The molecule has 0 aromatic heterocycles. The summed E-state index contributed by atoms with van der Waals surface area (Å²) in [7, 11) is 0.606.